The number of ether oxygens (including phenoxy) is 1. The number of nitrogens with zero attached hydrogens (tertiary/aromatic N) is 3. The van der Waals surface area contributed by atoms with Crippen LogP contribution in [0.3, 0.4) is 0 Å². The Hall–Kier alpha value is -2.08. The lowest BCUT2D eigenvalue weighted by atomic mass is 10.3. The molecule has 0 fully saturated rings. The van der Waals surface area contributed by atoms with Gasteiger partial charge >= 0.3 is 0 Å². The molecule has 0 aliphatic rings. The molecule has 0 saturated carbocycles. The number of aryl methyl sites for hydroxylation is 1. The number of guanidine groups is 1. The van der Waals surface area contributed by atoms with E-state index in [1.807, 2.05) is 37.4 Å². The zero-order valence-electron chi connectivity index (χ0n) is 14.0. The van der Waals surface area contributed by atoms with Gasteiger partial charge in [-0.1, -0.05) is 25.1 Å². The first-order valence-electron chi connectivity index (χ1n) is 7.75. The van der Waals surface area contributed by atoms with Crippen molar-refractivity contribution < 1.29 is 4.74 Å². The molecule has 23 heavy (non-hydrogen) atoms. The van der Waals surface area contributed by atoms with Gasteiger partial charge in [0.2, 0.25) is 0 Å². The van der Waals surface area contributed by atoms with E-state index in [-0.39, 0.29) is 0 Å². The second-order valence-corrected chi connectivity index (χ2v) is 6.01. The monoisotopic (exact) mass is 332 g/mol. The molecule has 0 spiro atoms. The predicted molar refractivity (Wildman–Crippen MR) is 96.3 cm³/mol. The molecule has 1 aromatic carbocycles. The molecule has 5 nitrogen and oxygen atoms in total. The van der Waals surface area contributed by atoms with Gasteiger partial charge < -0.3 is 15.0 Å². The number of rotatable bonds is 7. The molecular weight excluding hydrogens is 308 g/mol. The van der Waals surface area contributed by atoms with Crippen LogP contribution in [-0.4, -0.2) is 43.1 Å². The van der Waals surface area contributed by atoms with E-state index in [1.165, 1.54) is 5.01 Å². The van der Waals surface area contributed by atoms with Crippen molar-refractivity contribution in [2.45, 2.75) is 19.9 Å². The highest BCUT2D eigenvalue weighted by Gasteiger charge is 2.07. The van der Waals surface area contributed by atoms with Gasteiger partial charge in [0.1, 0.15) is 12.4 Å². The van der Waals surface area contributed by atoms with Crippen molar-refractivity contribution in [3.05, 3.63) is 46.4 Å². The van der Waals surface area contributed by atoms with Crippen LogP contribution in [0.1, 0.15) is 17.6 Å². The predicted octanol–water partition coefficient (Wildman–Crippen LogP) is 2.79. The number of aliphatic imine (C=N–C) groups is 1. The van der Waals surface area contributed by atoms with Crippen LogP contribution in [0.4, 0.5) is 0 Å². The third-order valence-corrected chi connectivity index (χ3v) is 4.38. The summed E-state index contributed by atoms with van der Waals surface area (Å²) < 4.78 is 5.72. The Balaban J connectivity index is 1.76. The minimum Gasteiger partial charge on any atom is -0.492 e. The van der Waals surface area contributed by atoms with Crippen molar-refractivity contribution in [1.29, 1.82) is 0 Å². The number of para-hydroxylation sites is 1. The van der Waals surface area contributed by atoms with E-state index >= 15 is 0 Å². The lowest BCUT2D eigenvalue weighted by Gasteiger charge is -2.21. The van der Waals surface area contributed by atoms with Crippen LogP contribution >= 0.6 is 11.3 Å². The van der Waals surface area contributed by atoms with Crippen molar-refractivity contribution in [1.82, 2.24) is 15.2 Å². The fourth-order valence-electron chi connectivity index (χ4n) is 2.07. The SMILES string of the molecule is CCc1nc(CNC(=NC)N(C)CCOc2ccccc2)cs1. The largest absolute Gasteiger partial charge is 0.492 e. The van der Waals surface area contributed by atoms with Crippen LogP contribution in [0.2, 0.25) is 0 Å². The minimum absolute atomic E-state index is 0.609. The topological polar surface area (TPSA) is 49.8 Å². The quantitative estimate of drug-likeness (QED) is 0.626. The summed E-state index contributed by atoms with van der Waals surface area (Å²) in [6.45, 7) is 4.17. The third-order valence-electron chi connectivity index (χ3n) is 3.34. The molecule has 0 amide bonds. The molecule has 1 heterocycles. The Bertz CT molecular complexity index is 612. The van der Waals surface area contributed by atoms with Gasteiger partial charge in [0.15, 0.2) is 5.96 Å². The Morgan fingerprint density at radius 2 is 2.13 bits per heavy atom. The second-order valence-electron chi connectivity index (χ2n) is 5.07. The van der Waals surface area contributed by atoms with Crippen LogP contribution in [-0.2, 0) is 13.0 Å². The van der Waals surface area contributed by atoms with E-state index in [9.17, 15) is 0 Å². The molecule has 0 unspecified atom stereocenters. The number of benzene rings is 1. The molecule has 1 aromatic heterocycles. The van der Waals surface area contributed by atoms with Gasteiger partial charge in [-0.05, 0) is 18.6 Å². The molecule has 0 atom stereocenters. The first-order valence-corrected chi connectivity index (χ1v) is 8.63. The number of hydrogen-bond acceptors (Lipinski definition) is 4. The van der Waals surface area contributed by atoms with Crippen LogP contribution in [0.5, 0.6) is 5.75 Å². The Kier molecular flexibility index (Phi) is 6.87. The number of likely N-dealkylation sites (N-methyl/N-ethyl adjacent to an activating group) is 1. The summed E-state index contributed by atoms with van der Waals surface area (Å²) in [5, 5.41) is 6.60. The zero-order valence-corrected chi connectivity index (χ0v) is 14.8. The average molecular weight is 332 g/mol. The Labute approximate surface area is 142 Å². The van der Waals surface area contributed by atoms with Crippen LogP contribution in [0, 0.1) is 0 Å². The van der Waals surface area contributed by atoms with Crippen molar-refractivity contribution >= 4 is 17.3 Å². The maximum Gasteiger partial charge on any atom is 0.193 e. The normalized spacial score (nSPS) is 11.3. The molecule has 0 saturated heterocycles. The highest BCUT2D eigenvalue weighted by Crippen LogP contribution is 2.10. The standard InChI is InChI=1S/C17H24N4OS/c1-4-16-20-14(13-23-16)12-19-17(18-2)21(3)10-11-22-15-8-6-5-7-9-15/h5-9,13H,4,10-12H2,1-3H3,(H,18,19). The fraction of sp³-hybridized carbons (Fsp3) is 0.412. The molecule has 2 rings (SSSR count). The molecule has 124 valence electrons. The molecule has 0 radical (unpaired) electrons. The van der Waals surface area contributed by atoms with Crippen molar-refractivity contribution in [3.63, 3.8) is 0 Å². The fourth-order valence-corrected chi connectivity index (χ4v) is 2.81. The van der Waals surface area contributed by atoms with Gasteiger partial charge in [0.25, 0.3) is 0 Å². The Morgan fingerprint density at radius 3 is 2.78 bits per heavy atom. The van der Waals surface area contributed by atoms with E-state index in [0.29, 0.717) is 13.2 Å². The number of aromatic nitrogens is 1. The van der Waals surface area contributed by atoms with Crippen LogP contribution in [0.15, 0.2) is 40.7 Å². The van der Waals surface area contributed by atoms with E-state index in [2.05, 4.69) is 32.5 Å². The third kappa shape index (κ3) is 5.56. The summed E-state index contributed by atoms with van der Waals surface area (Å²) in [5.41, 5.74) is 1.06. The van der Waals surface area contributed by atoms with Gasteiger partial charge in [-0.2, -0.15) is 0 Å². The number of thiazole rings is 1. The van der Waals surface area contributed by atoms with Gasteiger partial charge in [-0.3, -0.25) is 4.99 Å². The summed E-state index contributed by atoms with van der Waals surface area (Å²) in [7, 11) is 3.79. The highest BCUT2D eigenvalue weighted by atomic mass is 32.1. The first-order chi connectivity index (χ1) is 11.2. The second kappa shape index (κ2) is 9.15. The highest BCUT2D eigenvalue weighted by molar-refractivity contribution is 7.09. The number of nitrogens with one attached hydrogen (secondary N) is 1. The summed E-state index contributed by atoms with van der Waals surface area (Å²) in [4.78, 5) is 10.9. The Morgan fingerprint density at radius 1 is 1.35 bits per heavy atom. The summed E-state index contributed by atoms with van der Waals surface area (Å²) in [6.07, 6.45) is 0.982. The van der Waals surface area contributed by atoms with Crippen molar-refractivity contribution in [2.75, 3.05) is 27.2 Å². The van der Waals surface area contributed by atoms with Gasteiger partial charge in [0, 0.05) is 19.5 Å². The van der Waals surface area contributed by atoms with Gasteiger partial charge in [0.05, 0.1) is 23.8 Å². The molecule has 1 N–H and O–H groups in total. The van der Waals surface area contributed by atoms with E-state index in [1.54, 1.807) is 18.4 Å². The first kappa shape index (κ1) is 17.3. The lowest BCUT2D eigenvalue weighted by Crippen LogP contribution is -2.40. The maximum atomic E-state index is 5.72. The summed E-state index contributed by atoms with van der Waals surface area (Å²) in [5.74, 6) is 1.73. The summed E-state index contributed by atoms with van der Waals surface area (Å²) in [6, 6.07) is 9.84. The molecule has 0 bridgehead atoms. The number of hydrogen-bond donors (Lipinski definition) is 1. The van der Waals surface area contributed by atoms with Gasteiger partial charge in [-0.15, -0.1) is 11.3 Å². The lowest BCUT2D eigenvalue weighted by molar-refractivity contribution is 0.281. The van der Waals surface area contributed by atoms with Crippen LogP contribution < -0.4 is 10.1 Å². The van der Waals surface area contributed by atoms with Gasteiger partial charge in [-0.25, -0.2) is 4.98 Å². The van der Waals surface area contributed by atoms with E-state index in [4.69, 9.17) is 4.74 Å². The molecule has 0 aliphatic heterocycles. The minimum atomic E-state index is 0.609. The smallest absolute Gasteiger partial charge is 0.193 e. The van der Waals surface area contributed by atoms with E-state index < -0.39 is 0 Å². The van der Waals surface area contributed by atoms with Crippen molar-refractivity contribution in [2.24, 2.45) is 4.99 Å². The maximum absolute atomic E-state index is 5.72. The molecule has 2 aromatic rings. The zero-order chi connectivity index (χ0) is 16.5. The summed E-state index contributed by atoms with van der Waals surface area (Å²) >= 11 is 1.70. The molecule has 6 heteroatoms. The average Bonchev–Trinajstić information content (AvgIpc) is 3.04. The van der Waals surface area contributed by atoms with E-state index in [0.717, 1.165) is 30.4 Å². The van der Waals surface area contributed by atoms with Crippen LogP contribution in [0.25, 0.3) is 0 Å². The molecule has 0 aliphatic carbocycles. The van der Waals surface area contributed by atoms with Crippen molar-refractivity contribution in [3.8, 4) is 5.75 Å². The molecular formula is C17H24N4OS.